The zero-order valence-corrected chi connectivity index (χ0v) is 14.5. The van der Waals surface area contributed by atoms with Gasteiger partial charge in [-0.2, -0.15) is 5.10 Å². The van der Waals surface area contributed by atoms with E-state index in [1.807, 2.05) is 34.0 Å². The number of amides is 1. The third kappa shape index (κ3) is 3.75. The lowest BCUT2D eigenvalue weighted by molar-refractivity contribution is 0.0773. The lowest BCUT2D eigenvalue weighted by Crippen LogP contribution is -2.49. The quantitative estimate of drug-likeness (QED) is 0.905. The SMILES string of the molecule is O=C(c1cnn(Cc2ccccc2)c1)N1CCC(N2CCNCC2)C1. The van der Waals surface area contributed by atoms with Gasteiger partial charge < -0.3 is 10.2 Å². The van der Waals surface area contributed by atoms with E-state index in [0.717, 1.165) is 45.7 Å². The van der Waals surface area contributed by atoms with E-state index < -0.39 is 0 Å². The van der Waals surface area contributed by atoms with Crippen molar-refractivity contribution >= 4 is 5.91 Å². The standard InChI is InChI=1S/C19H25N5O/c25-19(23-9-6-18(15-23)22-10-7-20-8-11-22)17-12-21-24(14-17)13-16-4-2-1-3-5-16/h1-5,12,14,18,20H,6-11,13,15H2. The number of hydrogen-bond acceptors (Lipinski definition) is 4. The number of likely N-dealkylation sites (tertiary alicyclic amines) is 1. The normalized spacial score (nSPS) is 21.6. The van der Waals surface area contributed by atoms with Crippen LogP contribution in [0.3, 0.4) is 0 Å². The molecule has 2 fully saturated rings. The first-order valence-corrected chi connectivity index (χ1v) is 9.10. The summed E-state index contributed by atoms with van der Waals surface area (Å²) >= 11 is 0. The molecule has 1 aromatic carbocycles. The summed E-state index contributed by atoms with van der Waals surface area (Å²) in [6, 6.07) is 10.7. The van der Waals surface area contributed by atoms with E-state index >= 15 is 0 Å². The van der Waals surface area contributed by atoms with Crippen molar-refractivity contribution < 1.29 is 4.79 Å². The first kappa shape index (κ1) is 16.3. The summed E-state index contributed by atoms with van der Waals surface area (Å²) in [5.74, 6) is 0.108. The average molecular weight is 339 g/mol. The highest BCUT2D eigenvalue weighted by Gasteiger charge is 2.31. The second-order valence-corrected chi connectivity index (χ2v) is 6.89. The number of rotatable bonds is 4. The molecular formula is C19H25N5O. The summed E-state index contributed by atoms with van der Waals surface area (Å²) in [6.07, 6.45) is 4.64. The Bertz CT molecular complexity index is 708. The van der Waals surface area contributed by atoms with Gasteiger partial charge in [-0.05, 0) is 12.0 Å². The molecule has 1 N–H and O–H groups in total. The van der Waals surface area contributed by atoms with Crippen molar-refractivity contribution in [2.45, 2.75) is 19.0 Å². The fourth-order valence-corrected chi connectivity index (χ4v) is 3.79. The van der Waals surface area contributed by atoms with Gasteiger partial charge >= 0.3 is 0 Å². The van der Waals surface area contributed by atoms with Gasteiger partial charge in [-0.3, -0.25) is 14.4 Å². The molecule has 6 nitrogen and oxygen atoms in total. The van der Waals surface area contributed by atoms with Crippen LogP contribution in [0.1, 0.15) is 22.3 Å². The maximum atomic E-state index is 12.8. The highest BCUT2D eigenvalue weighted by Crippen LogP contribution is 2.18. The topological polar surface area (TPSA) is 53.4 Å². The van der Waals surface area contributed by atoms with Gasteiger partial charge in [-0.15, -0.1) is 0 Å². The molecule has 2 aromatic rings. The van der Waals surface area contributed by atoms with E-state index in [2.05, 4.69) is 27.4 Å². The Hall–Kier alpha value is -2.18. The van der Waals surface area contributed by atoms with Crippen molar-refractivity contribution in [3.05, 3.63) is 53.9 Å². The molecule has 25 heavy (non-hydrogen) atoms. The largest absolute Gasteiger partial charge is 0.337 e. The van der Waals surface area contributed by atoms with Crippen LogP contribution in [0, 0.1) is 0 Å². The van der Waals surface area contributed by atoms with Crippen molar-refractivity contribution in [2.24, 2.45) is 0 Å². The average Bonchev–Trinajstić information content (AvgIpc) is 3.33. The highest BCUT2D eigenvalue weighted by atomic mass is 16.2. The Balaban J connectivity index is 1.37. The van der Waals surface area contributed by atoms with Crippen LogP contribution in [0.15, 0.2) is 42.7 Å². The summed E-state index contributed by atoms with van der Waals surface area (Å²) in [4.78, 5) is 17.3. The molecule has 3 heterocycles. The zero-order valence-electron chi connectivity index (χ0n) is 14.5. The summed E-state index contributed by atoms with van der Waals surface area (Å²) < 4.78 is 1.84. The molecule has 132 valence electrons. The van der Waals surface area contributed by atoms with Gasteiger partial charge in [0, 0.05) is 51.5 Å². The predicted octanol–water partition coefficient (Wildman–Crippen LogP) is 1.05. The van der Waals surface area contributed by atoms with Crippen molar-refractivity contribution in [2.75, 3.05) is 39.3 Å². The number of nitrogens with zero attached hydrogens (tertiary/aromatic N) is 4. The summed E-state index contributed by atoms with van der Waals surface area (Å²) in [5.41, 5.74) is 1.88. The fourth-order valence-electron chi connectivity index (χ4n) is 3.79. The third-order valence-corrected chi connectivity index (χ3v) is 5.19. The maximum Gasteiger partial charge on any atom is 0.257 e. The second kappa shape index (κ2) is 7.37. The van der Waals surface area contributed by atoms with E-state index in [4.69, 9.17) is 0 Å². The van der Waals surface area contributed by atoms with Crippen molar-refractivity contribution in [1.29, 1.82) is 0 Å². The third-order valence-electron chi connectivity index (χ3n) is 5.19. The maximum absolute atomic E-state index is 12.8. The van der Waals surface area contributed by atoms with Crippen LogP contribution in [0.25, 0.3) is 0 Å². The van der Waals surface area contributed by atoms with Gasteiger partial charge in [0.25, 0.3) is 5.91 Å². The smallest absolute Gasteiger partial charge is 0.257 e. The molecule has 1 unspecified atom stereocenters. The van der Waals surface area contributed by atoms with E-state index in [1.54, 1.807) is 6.20 Å². The molecule has 0 aliphatic carbocycles. The molecule has 2 aliphatic rings. The van der Waals surface area contributed by atoms with Crippen LogP contribution >= 0.6 is 0 Å². The van der Waals surface area contributed by atoms with Gasteiger partial charge in [0.1, 0.15) is 0 Å². The summed E-state index contributed by atoms with van der Waals surface area (Å²) in [7, 11) is 0. The first-order chi connectivity index (χ1) is 12.3. The number of benzene rings is 1. The van der Waals surface area contributed by atoms with Crippen LogP contribution in [0.2, 0.25) is 0 Å². The number of hydrogen-bond donors (Lipinski definition) is 1. The minimum absolute atomic E-state index is 0.108. The molecule has 0 bridgehead atoms. The van der Waals surface area contributed by atoms with Crippen LogP contribution in [-0.2, 0) is 6.54 Å². The molecule has 1 aromatic heterocycles. The minimum Gasteiger partial charge on any atom is -0.337 e. The zero-order chi connectivity index (χ0) is 17.1. The monoisotopic (exact) mass is 339 g/mol. The van der Waals surface area contributed by atoms with Crippen LogP contribution < -0.4 is 5.32 Å². The van der Waals surface area contributed by atoms with Crippen LogP contribution in [-0.4, -0.2) is 70.8 Å². The van der Waals surface area contributed by atoms with Gasteiger partial charge in [0.15, 0.2) is 0 Å². The predicted molar refractivity (Wildman–Crippen MR) is 96.5 cm³/mol. The van der Waals surface area contributed by atoms with Crippen molar-refractivity contribution in [1.82, 2.24) is 24.9 Å². The first-order valence-electron chi connectivity index (χ1n) is 9.10. The molecule has 6 heteroatoms. The molecular weight excluding hydrogens is 314 g/mol. The Morgan fingerprint density at radius 1 is 1.16 bits per heavy atom. The van der Waals surface area contributed by atoms with Gasteiger partial charge in [0.2, 0.25) is 0 Å². The van der Waals surface area contributed by atoms with Crippen molar-refractivity contribution in [3.63, 3.8) is 0 Å². The van der Waals surface area contributed by atoms with Gasteiger partial charge in [-0.1, -0.05) is 30.3 Å². The molecule has 0 spiro atoms. The van der Waals surface area contributed by atoms with E-state index in [9.17, 15) is 4.79 Å². The van der Waals surface area contributed by atoms with Crippen molar-refractivity contribution in [3.8, 4) is 0 Å². The molecule has 2 saturated heterocycles. The van der Waals surface area contributed by atoms with Gasteiger partial charge in [0.05, 0.1) is 18.3 Å². The summed E-state index contributed by atoms with van der Waals surface area (Å²) in [5, 5.41) is 7.75. The highest BCUT2D eigenvalue weighted by molar-refractivity contribution is 5.93. The fraction of sp³-hybridized carbons (Fsp3) is 0.474. The van der Waals surface area contributed by atoms with E-state index in [0.29, 0.717) is 18.2 Å². The molecule has 4 rings (SSSR count). The minimum atomic E-state index is 0.108. The second-order valence-electron chi connectivity index (χ2n) is 6.89. The summed E-state index contributed by atoms with van der Waals surface area (Å²) in [6.45, 7) is 6.65. The van der Waals surface area contributed by atoms with E-state index in [-0.39, 0.29) is 5.91 Å². The Labute approximate surface area is 148 Å². The Morgan fingerprint density at radius 3 is 2.76 bits per heavy atom. The molecule has 1 atom stereocenters. The molecule has 1 amide bonds. The molecule has 2 aliphatic heterocycles. The number of piperazine rings is 1. The van der Waals surface area contributed by atoms with Gasteiger partial charge in [-0.25, -0.2) is 0 Å². The molecule has 0 radical (unpaired) electrons. The number of carbonyl (C=O) groups is 1. The lowest BCUT2D eigenvalue weighted by atomic mass is 10.2. The Morgan fingerprint density at radius 2 is 1.96 bits per heavy atom. The molecule has 0 saturated carbocycles. The van der Waals surface area contributed by atoms with Crippen LogP contribution in [0.5, 0.6) is 0 Å². The van der Waals surface area contributed by atoms with Crippen LogP contribution in [0.4, 0.5) is 0 Å². The number of nitrogens with one attached hydrogen (secondary N) is 1. The number of carbonyl (C=O) groups excluding carboxylic acids is 1. The van der Waals surface area contributed by atoms with E-state index in [1.165, 1.54) is 5.56 Å². The Kier molecular flexibility index (Phi) is 4.81. The lowest BCUT2D eigenvalue weighted by Gasteiger charge is -2.32. The number of aromatic nitrogens is 2.